The number of pyridine rings is 1. The van der Waals surface area contributed by atoms with Gasteiger partial charge in [0.25, 0.3) is 0 Å². The average molecular weight is 315 g/mol. The van der Waals surface area contributed by atoms with Gasteiger partial charge in [-0.05, 0) is 41.4 Å². The number of carboxylic acid groups (broad SMARTS) is 1. The molecule has 1 saturated heterocycles. The number of hydrogen-bond donors (Lipinski definition) is 2. The number of carbonyl (C=O) groups is 1. The minimum Gasteiger partial charge on any atom is -0.480 e. The summed E-state index contributed by atoms with van der Waals surface area (Å²) in [6.45, 7) is 1.25. The average Bonchev–Trinajstić information content (AvgIpc) is 2.38. The molecule has 0 aliphatic carbocycles. The van der Waals surface area contributed by atoms with Crippen LogP contribution in [0.25, 0.3) is 0 Å². The number of aliphatic carboxylic acids is 1. The van der Waals surface area contributed by atoms with Crippen molar-refractivity contribution < 1.29 is 14.6 Å². The van der Waals surface area contributed by atoms with Crippen molar-refractivity contribution in [3.8, 4) is 0 Å². The van der Waals surface area contributed by atoms with Gasteiger partial charge >= 0.3 is 5.97 Å². The highest BCUT2D eigenvalue weighted by atomic mass is 79.9. The third-order valence-corrected chi connectivity index (χ3v) is 3.71. The highest BCUT2D eigenvalue weighted by molar-refractivity contribution is 9.10. The molecule has 1 fully saturated rings. The Morgan fingerprint density at radius 3 is 3.11 bits per heavy atom. The quantitative estimate of drug-likeness (QED) is 0.881. The number of aromatic nitrogens is 1. The van der Waals surface area contributed by atoms with E-state index in [1.165, 1.54) is 0 Å². The highest BCUT2D eigenvalue weighted by Gasteiger charge is 2.37. The van der Waals surface area contributed by atoms with Gasteiger partial charge in [0.05, 0.1) is 0 Å². The molecule has 1 aromatic heterocycles. The van der Waals surface area contributed by atoms with Crippen molar-refractivity contribution >= 4 is 21.9 Å². The van der Waals surface area contributed by atoms with E-state index in [-0.39, 0.29) is 6.61 Å². The van der Waals surface area contributed by atoms with E-state index in [0.29, 0.717) is 6.54 Å². The second kappa shape index (κ2) is 5.77. The lowest BCUT2D eigenvalue weighted by atomic mass is 9.87. The van der Waals surface area contributed by atoms with Gasteiger partial charge in [0.1, 0.15) is 12.2 Å². The van der Waals surface area contributed by atoms with Gasteiger partial charge in [-0.1, -0.05) is 0 Å². The maximum atomic E-state index is 10.7. The number of halogens is 1. The summed E-state index contributed by atoms with van der Waals surface area (Å²) in [7, 11) is 0. The number of hydrogen-bond acceptors (Lipinski definition) is 4. The largest absolute Gasteiger partial charge is 0.480 e. The van der Waals surface area contributed by atoms with Gasteiger partial charge in [-0.15, -0.1) is 0 Å². The van der Waals surface area contributed by atoms with Crippen LogP contribution in [0.1, 0.15) is 18.4 Å². The second-order valence-corrected chi connectivity index (χ2v) is 5.17. The summed E-state index contributed by atoms with van der Waals surface area (Å²) in [6, 6.07) is 1.87. The Balaban J connectivity index is 2.29. The molecule has 0 aromatic carbocycles. The minimum absolute atomic E-state index is 0.295. The van der Waals surface area contributed by atoms with Crippen molar-refractivity contribution in [1.82, 2.24) is 10.3 Å². The first-order valence-corrected chi connectivity index (χ1v) is 6.60. The van der Waals surface area contributed by atoms with Crippen LogP contribution in [0.4, 0.5) is 0 Å². The van der Waals surface area contributed by atoms with E-state index in [0.717, 1.165) is 29.4 Å². The number of nitrogens with zero attached hydrogens (tertiary/aromatic N) is 1. The molecule has 0 amide bonds. The summed E-state index contributed by atoms with van der Waals surface area (Å²) in [5.74, 6) is -0.954. The van der Waals surface area contributed by atoms with Gasteiger partial charge in [-0.2, -0.15) is 0 Å². The molecule has 1 aliphatic rings. The monoisotopic (exact) mass is 314 g/mol. The zero-order valence-electron chi connectivity index (χ0n) is 9.86. The number of piperidine rings is 1. The molecule has 0 spiro atoms. The lowest BCUT2D eigenvalue weighted by molar-refractivity contribution is -0.152. The van der Waals surface area contributed by atoms with Crippen LogP contribution < -0.4 is 5.32 Å². The van der Waals surface area contributed by atoms with Crippen molar-refractivity contribution in [1.29, 1.82) is 0 Å². The lowest BCUT2D eigenvalue weighted by Gasteiger charge is -2.38. The fourth-order valence-corrected chi connectivity index (χ4v) is 2.86. The topological polar surface area (TPSA) is 71.5 Å². The smallest absolute Gasteiger partial charge is 0.329 e. The molecule has 0 saturated carbocycles. The summed E-state index contributed by atoms with van der Waals surface area (Å²) < 4.78 is 6.53. The zero-order chi connectivity index (χ0) is 13.0. The fraction of sp³-hybridized carbons (Fsp3) is 0.500. The molecule has 1 aromatic rings. The number of nitrogens with one attached hydrogen (secondary N) is 1. The van der Waals surface area contributed by atoms with Crippen LogP contribution in [0.5, 0.6) is 0 Å². The summed E-state index contributed by atoms with van der Waals surface area (Å²) in [4.78, 5) is 14.8. The van der Waals surface area contributed by atoms with E-state index in [2.05, 4.69) is 26.2 Å². The molecule has 2 rings (SSSR count). The summed E-state index contributed by atoms with van der Waals surface area (Å²) in [5, 5.41) is 12.1. The van der Waals surface area contributed by atoms with Crippen molar-refractivity contribution in [3.63, 3.8) is 0 Å². The molecule has 2 N–H and O–H groups in total. The Labute approximate surface area is 114 Å². The molecule has 98 valence electrons. The van der Waals surface area contributed by atoms with Gasteiger partial charge in [-0.25, -0.2) is 4.79 Å². The minimum atomic E-state index is -0.954. The first kappa shape index (κ1) is 13.5. The number of ether oxygens (including phenoxy) is 1. The van der Waals surface area contributed by atoms with Gasteiger partial charge in [0, 0.05) is 29.0 Å². The van der Waals surface area contributed by atoms with Crippen LogP contribution in [-0.4, -0.2) is 35.8 Å². The Bertz CT molecular complexity index is 433. The predicted octanol–water partition coefficient (Wildman–Crippen LogP) is 1.52. The first-order chi connectivity index (χ1) is 8.64. The third kappa shape index (κ3) is 2.88. The number of carboxylic acids is 1. The van der Waals surface area contributed by atoms with Crippen LogP contribution >= 0.6 is 15.9 Å². The van der Waals surface area contributed by atoms with Crippen molar-refractivity contribution in [2.75, 3.05) is 19.7 Å². The van der Waals surface area contributed by atoms with Crippen LogP contribution in [0.15, 0.2) is 22.9 Å². The normalized spacial score (nSPS) is 23.8. The molecular formula is C12H15BrN2O3. The standard InChI is InChI=1S/C12H15BrN2O3/c13-10-6-14-5-2-9(10)12(18-7-11(16)17)3-1-4-15-8-12/h2,5-6,15H,1,3-4,7-8H2,(H,16,17). The molecule has 5 nitrogen and oxygen atoms in total. The Hall–Kier alpha value is -0.980. The van der Waals surface area contributed by atoms with Gasteiger partial charge < -0.3 is 15.2 Å². The van der Waals surface area contributed by atoms with Crippen LogP contribution in [0, 0.1) is 0 Å². The molecule has 1 atom stereocenters. The molecule has 0 radical (unpaired) electrons. The third-order valence-electron chi connectivity index (χ3n) is 3.08. The summed E-state index contributed by atoms with van der Waals surface area (Å²) >= 11 is 3.46. The van der Waals surface area contributed by atoms with E-state index in [9.17, 15) is 4.79 Å². The molecule has 1 unspecified atom stereocenters. The molecule has 2 heterocycles. The van der Waals surface area contributed by atoms with Crippen molar-refractivity contribution in [2.45, 2.75) is 18.4 Å². The fourth-order valence-electron chi connectivity index (χ4n) is 2.25. The summed E-state index contributed by atoms with van der Waals surface area (Å²) in [6.07, 6.45) is 5.15. The van der Waals surface area contributed by atoms with Gasteiger partial charge in [0.2, 0.25) is 0 Å². The maximum absolute atomic E-state index is 10.7. The molecule has 6 heteroatoms. The Morgan fingerprint density at radius 2 is 2.50 bits per heavy atom. The number of rotatable bonds is 4. The van der Waals surface area contributed by atoms with Crippen molar-refractivity contribution in [2.24, 2.45) is 0 Å². The van der Waals surface area contributed by atoms with E-state index in [1.54, 1.807) is 12.4 Å². The first-order valence-electron chi connectivity index (χ1n) is 5.80. The van der Waals surface area contributed by atoms with E-state index in [4.69, 9.17) is 9.84 Å². The second-order valence-electron chi connectivity index (χ2n) is 4.31. The summed E-state index contributed by atoms with van der Waals surface area (Å²) in [5.41, 5.74) is 0.365. The molecule has 1 aliphatic heterocycles. The molecule has 0 bridgehead atoms. The molecule has 18 heavy (non-hydrogen) atoms. The predicted molar refractivity (Wildman–Crippen MR) is 69.3 cm³/mol. The van der Waals surface area contributed by atoms with Crippen molar-refractivity contribution in [3.05, 3.63) is 28.5 Å². The Morgan fingerprint density at radius 1 is 1.67 bits per heavy atom. The van der Waals surface area contributed by atoms with Crippen LogP contribution in [-0.2, 0) is 15.1 Å². The highest BCUT2D eigenvalue weighted by Crippen LogP contribution is 2.36. The Kier molecular flexibility index (Phi) is 4.31. The molecular weight excluding hydrogens is 300 g/mol. The SMILES string of the molecule is O=C(O)COC1(c2ccncc2Br)CCCNC1. The maximum Gasteiger partial charge on any atom is 0.329 e. The van der Waals surface area contributed by atoms with E-state index in [1.807, 2.05) is 6.07 Å². The van der Waals surface area contributed by atoms with Crippen LogP contribution in [0.3, 0.4) is 0 Å². The van der Waals surface area contributed by atoms with Gasteiger partial charge in [0.15, 0.2) is 0 Å². The van der Waals surface area contributed by atoms with Gasteiger partial charge in [-0.3, -0.25) is 4.98 Å². The lowest BCUT2D eigenvalue weighted by Crippen LogP contribution is -2.46. The zero-order valence-corrected chi connectivity index (χ0v) is 11.4. The van der Waals surface area contributed by atoms with E-state index >= 15 is 0 Å². The van der Waals surface area contributed by atoms with E-state index < -0.39 is 11.6 Å². The van der Waals surface area contributed by atoms with Crippen LogP contribution in [0.2, 0.25) is 0 Å².